The highest BCUT2D eigenvalue weighted by Crippen LogP contribution is 2.24. The van der Waals surface area contributed by atoms with Gasteiger partial charge in [0.15, 0.2) is 0 Å². The van der Waals surface area contributed by atoms with Gasteiger partial charge in [0.25, 0.3) is 0 Å². The first-order valence-corrected chi connectivity index (χ1v) is 7.00. The molecule has 0 saturated carbocycles. The van der Waals surface area contributed by atoms with Crippen LogP contribution in [0.4, 0.5) is 0 Å². The number of hydrogen-bond donors (Lipinski definition) is 2. The average Bonchev–Trinajstić information content (AvgIpc) is 2.95. The second kappa shape index (κ2) is 5.98. The van der Waals surface area contributed by atoms with Crippen LogP contribution in [0.3, 0.4) is 0 Å². The summed E-state index contributed by atoms with van der Waals surface area (Å²) in [6.07, 6.45) is 5.77. The molecule has 0 fully saturated rings. The molecule has 0 amide bonds. The molecule has 2 aromatic rings. The lowest BCUT2D eigenvalue weighted by molar-refractivity contribution is 0.519. The molecule has 2 N–H and O–H groups in total. The molecular formula is C13H19N3S. The molecule has 0 aliphatic rings. The van der Waals surface area contributed by atoms with Gasteiger partial charge in [-0.25, -0.2) is 4.98 Å². The Bertz CT molecular complexity index is 433. The Balaban J connectivity index is 2.11. The highest BCUT2D eigenvalue weighted by Gasteiger charge is 2.15. The smallest absolute Gasteiger partial charge is 0.107 e. The topological polar surface area (TPSA) is 40.7 Å². The molecule has 92 valence electrons. The molecule has 0 radical (unpaired) electrons. The van der Waals surface area contributed by atoms with Gasteiger partial charge in [-0.2, -0.15) is 11.3 Å². The number of imidazole rings is 1. The quantitative estimate of drug-likeness (QED) is 0.826. The van der Waals surface area contributed by atoms with Crippen molar-refractivity contribution in [2.45, 2.75) is 32.7 Å². The molecule has 1 atom stereocenters. The predicted octanol–water partition coefficient (Wildman–Crippen LogP) is 3.06. The Morgan fingerprint density at radius 3 is 2.94 bits per heavy atom. The number of H-pyrrole nitrogens is 1. The predicted molar refractivity (Wildman–Crippen MR) is 72.4 cm³/mol. The number of aryl methyl sites for hydroxylation is 1. The number of rotatable bonds is 6. The average molecular weight is 249 g/mol. The largest absolute Gasteiger partial charge is 0.349 e. The Morgan fingerprint density at radius 2 is 2.35 bits per heavy atom. The van der Waals surface area contributed by atoms with E-state index < -0.39 is 0 Å². The third-order valence-electron chi connectivity index (χ3n) is 2.86. The summed E-state index contributed by atoms with van der Waals surface area (Å²) in [6.45, 7) is 5.41. The molecule has 17 heavy (non-hydrogen) atoms. The zero-order valence-electron chi connectivity index (χ0n) is 10.4. The lowest BCUT2D eigenvalue weighted by atomic mass is 10.0. The molecule has 2 aromatic heterocycles. The normalized spacial score (nSPS) is 12.8. The van der Waals surface area contributed by atoms with Crippen LogP contribution in [0, 0.1) is 6.92 Å². The molecular weight excluding hydrogens is 230 g/mol. The fourth-order valence-electron chi connectivity index (χ4n) is 1.94. The lowest BCUT2D eigenvalue weighted by Gasteiger charge is -2.17. The standard InChI is InChI=1S/C13H19N3S/c1-3-4-14-12(7-13-15-5-6-16-13)11-9-17-8-10(11)2/h5-6,8-9,12,14H,3-4,7H2,1-2H3,(H,15,16). The van der Waals surface area contributed by atoms with Crippen LogP contribution in [0.15, 0.2) is 23.2 Å². The minimum absolute atomic E-state index is 0.368. The molecule has 0 aliphatic heterocycles. The van der Waals surface area contributed by atoms with Crippen LogP contribution in [0.2, 0.25) is 0 Å². The Labute approximate surface area is 106 Å². The highest BCUT2D eigenvalue weighted by atomic mass is 32.1. The zero-order valence-corrected chi connectivity index (χ0v) is 11.2. The SMILES string of the molecule is CCCNC(Cc1ncc[nH]1)c1cscc1C. The molecule has 2 rings (SSSR count). The Morgan fingerprint density at radius 1 is 1.47 bits per heavy atom. The number of nitrogens with one attached hydrogen (secondary N) is 2. The molecule has 0 spiro atoms. The molecule has 4 heteroatoms. The minimum atomic E-state index is 0.368. The third-order valence-corrected chi connectivity index (χ3v) is 3.74. The van der Waals surface area contributed by atoms with Gasteiger partial charge in [-0.15, -0.1) is 0 Å². The molecule has 0 aromatic carbocycles. The first-order valence-electron chi connectivity index (χ1n) is 6.05. The van der Waals surface area contributed by atoms with Crippen LogP contribution in [0.1, 0.15) is 36.3 Å². The summed E-state index contributed by atoms with van der Waals surface area (Å²) < 4.78 is 0. The van der Waals surface area contributed by atoms with Crippen LogP contribution in [0.5, 0.6) is 0 Å². The number of thiophene rings is 1. The summed E-state index contributed by atoms with van der Waals surface area (Å²) in [7, 11) is 0. The van der Waals surface area contributed by atoms with E-state index in [0.717, 1.165) is 25.2 Å². The van der Waals surface area contributed by atoms with E-state index in [1.165, 1.54) is 11.1 Å². The van der Waals surface area contributed by atoms with Gasteiger partial charge >= 0.3 is 0 Å². The van der Waals surface area contributed by atoms with E-state index in [4.69, 9.17) is 0 Å². The maximum Gasteiger partial charge on any atom is 0.107 e. The second-order valence-electron chi connectivity index (χ2n) is 4.26. The van der Waals surface area contributed by atoms with E-state index in [9.17, 15) is 0 Å². The molecule has 2 heterocycles. The zero-order chi connectivity index (χ0) is 12.1. The van der Waals surface area contributed by atoms with Crippen LogP contribution in [-0.4, -0.2) is 16.5 Å². The van der Waals surface area contributed by atoms with Gasteiger partial charge in [-0.1, -0.05) is 6.92 Å². The van der Waals surface area contributed by atoms with Crippen molar-refractivity contribution in [3.05, 3.63) is 40.1 Å². The van der Waals surface area contributed by atoms with Gasteiger partial charge in [-0.3, -0.25) is 0 Å². The Kier molecular flexibility index (Phi) is 4.34. The second-order valence-corrected chi connectivity index (χ2v) is 5.00. The van der Waals surface area contributed by atoms with Gasteiger partial charge in [0, 0.05) is 24.9 Å². The van der Waals surface area contributed by atoms with Gasteiger partial charge in [0.05, 0.1) is 0 Å². The van der Waals surface area contributed by atoms with Crippen molar-refractivity contribution in [2.24, 2.45) is 0 Å². The lowest BCUT2D eigenvalue weighted by Crippen LogP contribution is -2.24. The minimum Gasteiger partial charge on any atom is -0.349 e. The van der Waals surface area contributed by atoms with Crippen LogP contribution in [0.25, 0.3) is 0 Å². The molecule has 1 unspecified atom stereocenters. The number of aromatic nitrogens is 2. The summed E-state index contributed by atoms with van der Waals surface area (Å²) in [4.78, 5) is 7.49. The highest BCUT2D eigenvalue weighted by molar-refractivity contribution is 7.08. The summed E-state index contributed by atoms with van der Waals surface area (Å²) in [5.74, 6) is 1.05. The number of aromatic amines is 1. The molecule has 0 saturated heterocycles. The molecule has 3 nitrogen and oxygen atoms in total. The molecule has 0 aliphatic carbocycles. The number of nitrogens with zero attached hydrogens (tertiary/aromatic N) is 1. The van der Waals surface area contributed by atoms with Crippen molar-refractivity contribution < 1.29 is 0 Å². The van der Waals surface area contributed by atoms with E-state index in [1.54, 1.807) is 11.3 Å². The summed E-state index contributed by atoms with van der Waals surface area (Å²) >= 11 is 1.77. The van der Waals surface area contributed by atoms with E-state index in [1.807, 2.05) is 12.4 Å². The maximum atomic E-state index is 4.31. The first-order chi connectivity index (χ1) is 8.31. The van der Waals surface area contributed by atoms with Gasteiger partial charge in [-0.05, 0) is 41.8 Å². The van der Waals surface area contributed by atoms with Crippen molar-refractivity contribution in [1.29, 1.82) is 0 Å². The fourth-order valence-corrected chi connectivity index (χ4v) is 2.85. The van der Waals surface area contributed by atoms with Crippen LogP contribution < -0.4 is 5.32 Å². The van der Waals surface area contributed by atoms with Gasteiger partial charge < -0.3 is 10.3 Å². The van der Waals surface area contributed by atoms with E-state index in [0.29, 0.717) is 6.04 Å². The summed E-state index contributed by atoms with van der Waals surface area (Å²) in [5.41, 5.74) is 2.77. The van der Waals surface area contributed by atoms with Crippen molar-refractivity contribution in [2.75, 3.05) is 6.54 Å². The van der Waals surface area contributed by atoms with Gasteiger partial charge in [0.1, 0.15) is 5.82 Å². The van der Waals surface area contributed by atoms with Crippen molar-refractivity contribution in [3.8, 4) is 0 Å². The van der Waals surface area contributed by atoms with E-state index in [2.05, 4.69) is 39.9 Å². The fraction of sp³-hybridized carbons (Fsp3) is 0.462. The third kappa shape index (κ3) is 3.17. The number of hydrogen-bond acceptors (Lipinski definition) is 3. The van der Waals surface area contributed by atoms with E-state index in [-0.39, 0.29) is 0 Å². The summed E-state index contributed by atoms with van der Waals surface area (Å²) in [6, 6.07) is 0.368. The van der Waals surface area contributed by atoms with Crippen LogP contribution >= 0.6 is 11.3 Å². The van der Waals surface area contributed by atoms with Crippen molar-refractivity contribution >= 4 is 11.3 Å². The first kappa shape index (κ1) is 12.3. The Hall–Kier alpha value is -1.13. The van der Waals surface area contributed by atoms with Crippen molar-refractivity contribution in [1.82, 2.24) is 15.3 Å². The monoisotopic (exact) mass is 249 g/mol. The summed E-state index contributed by atoms with van der Waals surface area (Å²) in [5, 5.41) is 8.05. The molecule has 0 bridgehead atoms. The van der Waals surface area contributed by atoms with Crippen molar-refractivity contribution in [3.63, 3.8) is 0 Å². The van der Waals surface area contributed by atoms with E-state index >= 15 is 0 Å². The van der Waals surface area contributed by atoms with Crippen LogP contribution in [-0.2, 0) is 6.42 Å². The van der Waals surface area contributed by atoms with Gasteiger partial charge in [0.2, 0.25) is 0 Å². The maximum absolute atomic E-state index is 4.31.